The summed E-state index contributed by atoms with van der Waals surface area (Å²) >= 11 is 0. The van der Waals surface area contributed by atoms with E-state index >= 15 is 0 Å². The van der Waals surface area contributed by atoms with Crippen molar-refractivity contribution in [3.8, 4) is 0 Å². The molecule has 2 heterocycles. The molecule has 15 heavy (non-hydrogen) atoms. The summed E-state index contributed by atoms with van der Waals surface area (Å²) in [4.78, 5) is 14.0. The van der Waals surface area contributed by atoms with Crippen LogP contribution in [0.3, 0.4) is 0 Å². The van der Waals surface area contributed by atoms with Crippen LogP contribution < -0.4 is 5.32 Å². The zero-order valence-corrected chi connectivity index (χ0v) is 9.67. The molecular weight excluding hydrogens is 188 g/mol. The monoisotopic (exact) mass is 210 g/mol. The van der Waals surface area contributed by atoms with Gasteiger partial charge in [0.05, 0.1) is 0 Å². The van der Waals surface area contributed by atoms with Crippen molar-refractivity contribution in [2.24, 2.45) is 11.8 Å². The zero-order chi connectivity index (χ0) is 10.7. The minimum absolute atomic E-state index is 0.381. The summed E-state index contributed by atoms with van der Waals surface area (Å²) < 4.78 is 0. The Labute approximate surface area is 92.2 Å². The number of hydrogen-bond donors (Lipinski definition) is 1. The summed E-state index contributed by atoms with van der Waals surface area (Å²) in [6.07, 6.45) is 4.27. The number of nitrogens with zero attached hydrogens (tertiary/aromatic N) is 1. The molecule has 2 aliphatic heterocycles. The summed E-state index contributed by atoms with van der Waals surface area (Å²) in [5.74, 6) is 1.80. The fraction of sp³-hybridized carbons (Fsp3) is 0.917. The van der Waals surface area contributed by atoms with Gasteiger partial charge in [0.2, 0.25) is 5.91 Å². The first-order valence-electron chi connectivity index (χ1n) is 6.24. The van der Waals surface area contributed by atoms with Gasteiger partial charge < -0.3 is 10.2 Å². The fourth-order valence-corrected chi connectivity index (χ4v) is 2.55. The van der Waals surface area contributed by atoms with E-state index in [0.29, 0.717) is 11.8 Å². The summed E-state index contributed by atoms with van der Waals surface area (Å²) in [6, 6.07) is 0. The van der Waals surface area contributed by atoms with Crippen molar-refractivity contribution in [2.45, 2.75) is 32.6 Å². The first-order valence-corrected chi connectivity index (χ1v) is 6.24. The zero-order valence-electron chi connectivity index (χ0n) is 9.67. The standard InChI is InChI=1S/C12H22N2O/c1-10-2-3-12(15)14(7-5-10)9-11-4-6-13-8-11/h10-11,13H,2-9H2,1H3. The highest BCUT2D eigenvalue weighted by Crippen LogP contribution is 2.19. The van der Waals surface area contributed by atoms with Crippen LogP contribution in [0.1, 0.15) is 32.6 Å². The van der Waals surface area contributed by atoms with Crippen molar-refractivity contribution >= 4 is 5.91 Å². The quantitative estimate of drug-likeness (QED) is 0.744. The van der Waals surface area contributed by atoms with Gasteiger partial charge in [-0.05, 0) is 44.2 Å². The van der Waals surface area contributed by atoms with Crippen molar-refractivity contribution in [1.29, 1.82) is 0 Å². The van der Waals surface area contributed by atoms with E-state index in [2.05, 4.69) is 17.1 Å². The maximum absolute atomic E-state index is 11.9. The normalized spacial score (nSPS) is 33.1. The van der Waals surface area contributed by atoms with Gasteiger partial charge in [0.15, 0.2) is 0 Å². The highest BCUT2D eigenvalue weighted by molar-refractivity contribution is 5.76. The third-order valence-corrected chi connectivity index (χ3v) is 3.74. The van der Waals surface area contributed by atoms with Crippen molar-refractivity contribution in [2.75, 3.05) is 26.2 Å². The van der Waals surface area contributed by atoms with Crippen LogP contribution in [0, 0.1) is 11.8 Å². The van der Waals surface area contributed by atoms with Crippen LogP contribution in [0.5, 0.6) is 0 Å². The first kappa shape index (κ1) is 10.9. The summed E-state index contributed by atoms with van der Waals surface area (Å²) in [7, 11) is 0. The number of amides is 1. The molecule has 86 valence electrons. The third kappa shape index (κ3) is 2.94. The molecule has 2 fully saturated rings. The van der Waals surface area contributed by atoms with Crippen LogP contribution in [-0.4, -0.2) is 37.0 Å². The van der Waals surface area contributed by atoms with Crippen LogP contribution >= 0.6 is 0 Å². The molecule has 0 saturated carbocycles. The van der Waals surface area contributed by atoms with Crippen molar-refractivity contribution in [3.05, 3.63) is 0 Å². The topological polar surface area (TPSA) is 32.3 Å². The molecule has 2 aliphatic rings. The van der Waals surface area contributed by atoms with E-state index in [1.807, 2.05) is 0 Å². The van der Waals surface area contributed by atoms with Crippen LogP contribution in [0.25, 0.3) is 0 Å². The minimum atomic E-state index is 0.381. The van der Waals surface area contributed by atoms with Gasteiger partial charge in [-0.2, -0.15) is 0 Å². The Morgan fingerprint density at radius 1 is 1.40 bits per heavy atom. The van der Waals surface area contributed by atoms with Gasteiger partial charge in [-0.25, -0.2) is 0 Å². The van der Waals surface area contributed by atoms with Gasteiger partial charge >= 0.3 is 0 Å². The molecule has 2 unspecified atom stereocenters. The van der Waals surface area contributed by atoms with E-state index in [9.17, 15) is 4.79 Å². The molecule has 1 N–H and O–H groups in total. The first-order chi connectivity index (χ1) is 7.25. The number of likely N-dealkylation sites (tertiary alicyclic amines) is 1. The van der Waals surface area contributed by atoms with Gasteiger partial charge in [0.1, 0.15) is 0 Å². The SMILES string of the molecule is CC1CCC(=O)N(CC2CCNC2)CC1. The van der Waals surface area contributed by atoms with E-state index in [1.54, 1.807) is 0 Å². The van der Waals surface area contributed by atoms with E-state index in [-0.39, 0.29) is 0 Å². The maximum Gasteiger partial charge on any atom is 0.222 e. The summed E-state index contributed by atoms with van der Waals surface area (Å²) in [5.41, 5.74) is 0. The number of carbonyl (C=O) groups is 1. The number of rotatable bonds is 2. The average Bonchev–Trinajstić information content (AvgIpc) is 2.67. The average molecular weight is 210 g/mol. The van der Waals surface area contributed by atoms with E-state index in [0.717, 1.165) is 44.9 Å². The van der Waals surface area contributed by atoms with E-state index in [1.165, 1.54) is 12.8 Å². The lowest BCUT2D eigenvalue weighted by Gasteiger charge is -2.23. The lowest BCUT2D eigenvalue weighted by molar-refractivity contribution is -0.131. The van der Waals surface area contributed by atoms with E-state index < -0.39 is 0 Å². The molecule has 0 bridgehead atoms. The van der Waals surface area contributed by atoms with Gasteiger partial charge in [0.25, 0.3) is 0 Å². The molecule has 0 aromatic rings. The van der Waals surface area contributed by atoms with Gasteiger partial charge in [-0.1, -0.05) is 6.92 Å². The molecule has 0 aromatic heterocycles. The molecule has 0 aliphatic carbocycles. The molecule has 2 saturated heterocycles. The Kier molecular flexibility index (Phi) is 3.62. The molecule has 3 nitrogen and oxygen atoms in total. The van der Waals surface area contributed by atoms with Crippen LogP contribution in [0.15, 0.2) is 0 Å². The Hall–Kier alpha value is -0.570. The molecule has 1 amide bonds. The van der Waals surface area contributed by atoms with Gasteiger partial charge in [-0.3, -0.25) is 4.79 Å². The summed E-state index contributed by atoms with van der Waals surface area (Å²) in [5, 5.41) is 3.36. The molecule has 0 spiro atoms. The number of carbonyl (C=O) groups excluding carboxylic acids is 1. The van der Waals surface area contributed by atoms with E-state index in [4.69, 9.17) is 0 Å². The second-order valence-electron chi connectivity index (χ2n) is 5.13. The second kappa shape index (κ2) is 4.97. The molecule has 0 aromatic carbocycles. The van der Waals surface area contributed by atoms with Gasteiger partial charge in [-0.15, -0.1) is 0 Å². The van der Waals surface area contributed by atoms with Crippen LogP contribution in [0.2, 0.25) is 0 Å². The summed E-state index contributed by atoms with van der Waals surface area (Å²) in [6.45, 7) is 6.45. The smallest absolute Gasteiger partial charge is 0.222 e. The highest BCUT2D eigenvalue weighted by atomic mass is 16.2. The Morgan fingerprint density at radius 2 is 2.27 bits per heavy atom. The molecule has 2 atom stereocenters. The molecule has 3 heteroatoms. The fourth-order valence-electron chi connectivity index (χ4n) is 2.55. The van der Waals surface area contributed by atoms with Crippen LogP contribution in [-0.2, 0) is 4.79 Å². The van der Waals surface area contributed by atoms with Crippen molar-refractivity contribution in [1.82, 2.24) is 10.2 Å². The maximum atomic E-state index is 11.9. The van der Waals surface area contributed by atoms with Crippen molar-refractivity contribution in [3.63, 3.8) is 0 Å². The van der Waals surface area contributed by atoms with Crippen LogP contribution in [0.4, 0.5) is 0 Å². The molecular formula is C12H22N2O. The third-order valence-electron chi connectivity index (χ3n) is 3.74. The van der Waals surface area contributed by atoms with Crippen molar-refractivity contribution < 1.29 is 4.79 Å². The number of hydrogen-bond acceptors (Lipinski definition) is 2. The van der Waals surface area contributed by atoms with Gasteiger partial charge in [0, 0.05) is 19.5 Å². The second-order valence-corrected chi connectivity index (χ2v) is 5.13. The Bertz CT molecular complexity index is 224. The molecule has 2 rings (SSSR count). The Morgan fingerprint density at radius 3 is 3.00 bits per heavy atom. The minimum Gasteiger partial charge on any atom is -0.342 e. The predicted octanol–water partition coefficient (Wildman–Crippen LogP) is 1.24. The highest BCUT2D eigenvalue weighted by Gasteiger charge is 2.24. The largest absolute Gasteiger partial charge is 0.342 e. The lowest BCUT2D eigenvalue weighted by atomic mass is 10.0. The number of nitrogens with one attached hydrogen (secondary N) is 1. The predicted molar refractivity (Wildman–Crippen MR) is 60.6 cm³/mol. The molecule has 0 radical (unpaired) electrons. The Balaban J connectivity index is 1.86. The lowest BCUT2D eigenvalue weighted by Crippen LogP contribution is -2.35.